The molecule has 2 heterocycles. The van der Waals surface area contributed by atoms with Crippen molar-refractivity contribution in [1.82, 2.24) is 15.5 Å². The molecule has 18 heavy (non-hydrogen) atoms. The van der Waals surface area contributed by atoms with E-state index in [0.717, 1.165) is 12.8 Å². The van der Waals surface area contributed by atoms with E-state index in [0.29, 0.717) is 12.5 Å². The summed E-state index contributed by atoms with van der Waals surface area (Å²) in [7, 11) is 0. The van der Waals surface area contributed by atoms with E-state index in [1.54, 1.807) is 0 Å². The maximum absolute atomic E-state index is 12.3. The Balaban J connectivity index is 1.76. The lowest BCUT2D eigenvalue weighted by Gasteiger charge is -2.19. The van der Waals surface area contributed by atoms with Gasteiger partial charge >= 0.3 is 12.0 Å². The molecule has 1 saturated carbocycles. The average molecular weight is 253 g/mol. The second-order valence-electron chi connectivity index (χ2n) is 5.35. The van der Waals surface area contributed by atoms with Crippen LogP contribution in [0, 0.1) is 5.92 Å². The molecule has 7 nitrogen and oxygen atoms in total. The Morgan fingerprint density at radius 1 is 1.44 bits per heavy atom. The molecule has 0 radical (unpaired) electrons. The maximum atomic E-state index is 12.3. The van der Waals surface area contributed by atoms with Crippen molar-refractivity contribution >= 4 is 17.9 Å². The predicted octanol–water partition coefficient (Wildman–Crippen LogP) is -0.866. The fourth-order valence-electron chi connectivity index (χ4n) is 2.62. The van der Waals surface area contributed by atoms with Gasteiger partial charge in [-0.25, -0.2) is 4.79 Å². The van der Waals surface area contributed by atoms with Crippen molar-refractivity contribution < 1.29 is 19.5 Å². The number of carbonyl (C=O) groups is 3. The standard InChI is InChI=1S/C11H15N3O4/c15-8(16)7-3-11(5-12-7)9(17)14(10(18)13-11)4-6-1-2-6/h6-7,12H,1-5H2,(H,13,18)(H,15,16). The smallest absolute Gasteiger partial charge is 0.325 e. The second-order valence-corrected chi connectivity index (χ2v) is 5.35. The zero-order valence-electron chi connectivity index (χ0n) is 9.81. The molecule has 3 N–H and O–H groups in total. The van der Waals surface area contributed by atoms with Gasteiger partial charge in [0, 0.05) is 19.5 Å². The van der Waals surface area contributed by atoms with Gasteiger partial charge in [-0.05, 0) is 18.8 Å². The van der Waals surface area contributed by atoms with Gasteiger partial charge in [0.05, 0.1) is 0 Å². The molecule has 1 aliphatic carbocycles. The predicted molar refractivity (Wildman–Crippen MR) is 59.7 cm³/mol. The fraction of sp³-hybridized carbons (Fsp3) is 0.727. The Morgan fingerprint density at radius 3 is 2.72 bits per heavy atom. The van der Waals surface area contributed by atoms with Crippen LogP contribution in [0.25, 0.3) is 0 Å². The minimum atomic E-state index is -1.05. The summed E-state index contributed by atoms with van der Waals surface area (Å²) in [5, 5.41) is 14.4. The third-order valence-corrected chi connectivity index (χ3v) is 3.88. The fourth-order valence-corrected chi connectivity index (χ4v) is 2.62. The first kappa shape index (κ1) is 11.5. The highest BCUT2D eigenvalue weighted by Gasteiger charge is 2.56. The van der Waals surface area contributed by atoms with Crippen LogP contribution in [-0.2, 0) is 9.59 Å². The topological polar surface area (TPSA) is 98.7 Å². The van der Waals surface area contributed by atoms with Gasteiger partial charge in [-0.15, -0.1) is 0 Å². The van der Waals surface area contributed by atoms with E-state index in [9.17, 15) is 14.4 Å². The summed E-state index contributed by atoms with van der Waals surface area (Å²) in [4.78, 5) is 36.2. The zero-order chi connectivity index (χ0) is 12.9. The van der Waals surface area contributed by atoms with E-state index in [1.807, 2.05) is 0 Å². The zero-order valence-corrected chi connectivity index (χ0v) is 9.81. The average Bonchev–Trinajstić information content (AvgIpc) is 2.98. The summed E-state index contributed by atoms with van der Waals surface area (Å²) in [5.41, 5.74) is -1.05. The number of nitrogens with one attached hydrogen (secondary N) is 2. The van der Waals surface area contributed by atoms with Crippen LogP contribution in [0.4, 0.5) is 4.79 Å². The molecule has 2 saturated heterocycles. The Labute approximate surface area is 104 Å². The molecule has 0 aromatic carbocycles. The molecule has 2 unspecified atom stereocenters. The van der Waals surface area contributed by atoms with Crippen molar-refractivity contribution in [3.8, 4) is 0 Å². The van der Waals surface area contributed by atoms with E-state index in [4.69, 9.17) is 5.11 Å². The van der Waals surface area contributed by atoms with Crippen LogP contribution in [0.15, 0.2) is 0 Å². The number of urea groups is 1. The first-order valence-electron chi connectivity index (χ1n) is 6.12. The number of hydrogen-bond donors (Lipinski definition) is 3. The number of carboxylic acids is 1. The molecular formula is C11H15N3O4. The van der Waals surface area contributed by atoms with Crippen molar-refractivity contribution in [2.75, 3.05) is 13.1 Å². The molecule has 3 fully saturated rings. The van der Waals surface area contributed by atoms with Crippen LogP contribution in [0.2, 0.25) is 0 Å². The highest BCUT2D eigenvalue weighted by molar-refractivity contribution is 6.08. The van der Waals surface area contributed by atoms with Gasteiger partial charge < -0.3 is 15.7 Å². The van der Waals surface area contributed by atoms with Crippen molar-refractivity contribution in [1.29, 1.82) is 0 Å². The van der Waals surface area contributed by atoms with E-state index in [-0.39, 0.29) is 24.9 Å². The van der Waals surface area contributed by atoms with Gasteiger partial charge in [0.2, 0.25) is 0 Å². The van der Waals surface area contributed by atoms with E-state index in [1.165, 1.54) is 4.90 Å². The summed E-state index contributed by atoms with van der Waals surface area (Å²) in [6, 6.07) is -1.16. The maximum Gasteiger partial charge on any atom is 0.325 e. The third-order valence-electron chi connectivity index (χ3n) is 3.88. The highest BCUT2D eigenvalue weighted by atomic mass is 16.4. The molecule has 0 aromatic heterocycles. The molecule has 3 amide bonds. The van der Waals surface area contributed by atoms with Crippen molar-refractivity contribution in [3.05, 3.63) is 0 Å². The van der Waals surface area contributed by atoms with E-state index in [2.05, 4.69) is 10.6 Å². The largest absolute Gasteiger partial charge is 0.480 e. The van der Waals surface area contributed by atoms with Gasteiger partial charge in [0.1, 0.15) is 11.6 Å². The van der Waals surface area contributed by atoms with Gasteiger partial charge in [-0.1, -0.05) is 0 Å². The van der Waals surface area contributed by atoms with E-state index < -0.39 is 17.6 Å². The molecule has 7 heteroatoms. The van der Waals surface area contributed by atoms with E-state index >= 15 is 0 Å². The normalized spacial score (nSPS) is 35.3. The Kier molecular flexibility index (Phi) is 2.34. The van der Waals surface area contributed by atoms with Crippen LogP contribution in [-0.4, -0.2) is 52.6 Å². The summed E-state index contributed by atoms with van der Waals surface area (Å²) in [6.45, 7) is 0.653. The van der Waals surface area contributed by atoms with Gasteiger partial charge in [0.15, 0.2) is 0 Å². The lowest BCUT2D eigenvalue weighted by atomic mass is 9.96. The minimum absolute atomic E-state index is 0.119. The summed E-state index contributed by atoms with van der Waals surface area (Å²) in [6.07, 6.45) is 2.23. The van der Waals surface area contributed by atoms with Gasteiger partial charge in [0.25, 0.3) is 5.91 Å². The molecule has 1 spiro atoms. The monoisotopic (exact) mass is 253 g/mol. The number of imide groups is 1. The van der Waals surface area contributed by atoms with Crippen molar-refractivity contribution in [2.45, 2.75) is 30.8 Å². The number of carboxylic acid groups (broad SMARTS) is 1. The van der Waals surface area contributed by atoms with Crippen molar-refractivity contribution in [2.24, 2.45) is 5.92 Å². The van der Waals surface area contributed by atoms with Crippen LogP contribution in [0.3, 0.4) is 0 Å². The lowest BCUT2D eigenvalue weighted by molar-refractivity contribution is -0.139. The van der Waals surface area contributed by atoms with Gasteiger partial charge in [-0.3, -0.25) is 14.5 Å². The quantitative estimate of drug-likeness (QED) is 0.568. The second kappa shape index (κ2) is 3.68. The first-order chi connectivity index (χ1) is 8.52. The first-order valence-corrected chi connectivity index (χ1v) is 6.12. The molecule has 2 atom stereocenters. The number of carbonyl (C=O) groups excluding carboxylic acids is 2. The highest BCUT2D eigenvalue weighted by Crippen LogP contribution is 2.33. The Bertz CT molecular complexity index is 434. The molecule has 98 valence electrons. The number of amides is 3. The summed E-state index contributed by atoms with van der Waals surface area (Å²) in [5.74, 6) is -0.843. The van der Waals surface area contributed by atoms with Crippen molar-refractivity contribution in [3.63, 3.8) is 0 Å². The lowest BCUT2D eigenvalue weighted by Crippen LogP contribution is -2.48. The molecular weight excluding hydrogens is 238 g/mol. The third kappa shape index (κ3) is 1.66. The minimum Gasteiger partial charge on any atom is -0.480 e. The number of rotatable bonds is 3. The molecule has 3 aliphatic rings. The van der Waals surface area contributed by atoms with Crippen LogP contribution in [0.1, 0.15) is 19.3 Å². The SMILES string of the molecule is O=C(O)C1CC2(CN1)NC(=O)N(CC1CC1)C2=O. The number of hydrogen-bond acceptors (Lipinski definition) is 4. The molecule has 2 aliphatic heterocycles. The molecule has 0 aromatic rings. The summed E-state index contributed by atoms with van der Waals surface area (Å²) >= 11 is 0. The van der Waals surface area contributed by atoms with Crippen LogP contribution < -0.4 is 10.6 Å². The van der Waals surface area contributed by atoms with Gasteiger partial charge in [-0.2, -0.15) is 0 Å². The molecule has 0 bridgehead atoms. The Hall–Kier alpha value is -1.63. The number of aliphatic carboxylic acids is 1. The van der Waals surface area contributed by atoms with Crippen LogP contribution in [0.5, 0.6) is 0 Å². The molecule has 3 rings (SSSR count). The number of nitrogens with zero attached hydrogens (tertiary/aromatic N) is 1. The Morgan fingerprint density at radius 2 is 2.17 bits per heavy atom. The summed E-state index contributed by atoms with van der Waals surface area (Å²) < 4.78 is 0. The van der Waals surface area contributed by atoms with Crippen LogP contribution >= 0.6 is 0 Å².